The third kappa shape index (κ3) is 6.60. The third-order valence-electron chi connectivity index (χ3n) is 7.52. The van der Waals surface area contributed by atoms with Crippen LogP contribution in [0.25, 0.3) is 11.1 Å². The maximum atomic E-state index is 6.24. The summed E-state index contributed by atoms with van der Waals surface area (Å²) >= 11 is 0. The third-order valence-corrected chi connectivity index (χ3v) is 7.52. The first-order valence-corrected chi connectivity index (χ1v) is 13.7. The molecule has 0 N–H and O–H groups in total. The zero-order valence-corrected chi connectivity index (χ0v) is 22.1. The molecule has 0 aromatic heterocycles. The fourth-order valence-corrected chi connectivity index (χ4v) is 4.92. The summed E-state index contributed by atoms with van der Waals surface area (Å²) in [5, 5.41) is 0. The molecule has 3 aliphatic rings. The number of ether oxygens (including phenoxy) is 4. The molecule has 2 aromatic rings. The molecule has 36 heavy (non-hydrogen) atoms. The maximum Gasteiger partial charge on any atom is 0.123 e. The Bertz CT molecular complexity index is 1090. The van der Waals surface area contributed by atoms with Crippen LogP contribution in [0.2, 0.25) is 0 Å². The molecule has 2 saturated heterocycles. The highest BCUT2D eigenvalue weighted by molar-refractivity contribution is 5.78. The molecule has 2 fully saturated rings. The Morgan fingerprint density at radius 1 is 0.806 bits per heavy atom. The molecule has 2 aliphatic heterocycles. The number of hydrogen-bond donors (Lipinski definition) is 0. The van der Waals surface area contributed by atoms with E-state index in [0.717, 1.165) is 44.0 Å². The molecular formula is C32H40O4. The summed E-state index contributed by atoms with van der Waals surface area (Å²) in [6.45, 7) is 9.92. The number of rotatable bonds is 13. The maximum absolute atomic E-state index is 6.24. The number of allylic oxidation sites excluding steroid dienone is 4. The van der Waals surface area contributed by atoms with Crippen molar-refractivity contribution in [1.29, 1.82) is 0 Å². The first kappa shape index (κ1) is 25.1. The summed E-state index contributed by atoms with van der Waals surface area (Å²) < 4.78 is 22.6. The van der Waals surface area contributed by atoms with Crippen LogP contribution in [0.4, 0.5) is 0 Å². The molecule has 2 unspecified atom stereocenters. The van der Waals surface area contributed by atoms with Crippen LogP contribution >= 0.6 is 0 Å². The van der Waals surface area contributed by atoms with E-state index in [4.69, 9.17) is 18.9 Å². The lowest BCUT2D eigenvalue weighted by atomic mass is 9.78. The summed E-state index contributed by atoms with van der Waals surface area (Å²) in [5.41, 5.74) is 6.73. The lowest BCUT2D eigenvalue weighted by molar-refractivity contribution is 0.256. The van der Waals surface area contributed by atoms with Crippen LogP contribution in [-0.2, 0) is 14.9 Å². The van der Waals surface area contributed by atoms with Crippen molar-refractivity contribution in [2.75, 3.05) is 26.4 Å². The van der Waals surface area contributed by atoms with E-state index in [2.05, 4.69) is 75.4 Å². The van der Waals surface area contributed by atoms with Gasteiger partial charge in [0.1, 0.15) is 36.9 Å². The van der Waals surface area contributed by atoms with Crippen LogP contribution in [0.15, 0.2) is 54.6 Å². The lowest BCUT2D eigenvalue weighted by Gasteiger charge is -2.29. The predicted octanol–water partition coefficient (Wildman–Crippen LogP) is 7.36. The summed E-state index contributed by atoms with van der Waals surface area (Å²) in [6.07, 6.45) is 12.1. The summed E-state index contributed by atoms with van der Waals surface area (Å²) in [7, 11) is 0. The van der Waals surface area contributed by atoms with Crippen molar-refractivity contribution >= 4 is 11.1 Å². The second kappa shape index (κ2) is 11.2. The number of benzene rings is 2. The predicted molar refractivity (Wildman–Crippen MR) is 146 cm³/mol. The van der Waals surface area contributed by atoms with Gasteiger partial charge in [-0.05, 0) is 71.2 Å². The van der Waals surface area contributed by atoms with E-state index in [-0.39, 0.29) is 17.6 Å². The first-order chi connectivity index (χ1) is 17.5. The minimum Gasteiger partial charge on any atom is -0.491 e. The fraction of sp³-hybridized carbons (Fsp3) is 0.500. The van der Waals surface area contributed by atoms with Crippen molar-refractivity contribution in [3.8, 4) is 11.5 Å². The zero-order chi connectivity index (χ0) is 25.0. The molecule has 0 amide bonds. The van der Waals surface area contributed by atoms with E-state index < -0.39 is 0 Å². The second-order valence-electron chi connectivity index (χ2n) is 11.0. The van der Waals surface area contributed by atoms with E-state index in [9.17, 15) is 0 Å². The zero-order valence-electron chi connectivity index (χ0n) is 22.1. The Morgan fingerprint density at radius 2 is 1.42 bits per heavy atom. The molecular weight excluding hydrogens is 448 g/mol. The Morgan fingerprint density at radius 3 is 2.03 bits per heavy atom. The van der Waals surface area contributed by atoms with Crippen LogP contribution in [0.1, 0.15) is 76.0 Å². The first-order valence-electron chi connectivity index (χ1n) is 13.7. The molecule has 0 radical (unpaired) electrons. The summed E-state index contributed by atoms with van der Waals surface area (Å²) in [5.74, 6) is 1.92. The van der Waals surface area contributed by atoms with E-state index >= 15 is 0 Å². The summed E-state index contributed by atoms with van der Waals surface area (Å²) in [4.78, 5) is 0. The van der Waals surface area contributed by atoms with Crippen LogP contribution in [0, 0.1) is 0 Å². The van der Waals surface area contributed by atoms with Gasteiger partial charge in [-0.1, -0.05) is 70.4 Å². The van der Waals surface area contributed by atoms with Gasteiger partial charge in [0, 0.05) is 5.56 Å². The van der Waals surface area contributed by atoms with Crippen molar-refractivity contribution in [2.24, 2.45) is 0 Å². The molecule has 0 bridgehead atoms. The molecule has 1 aliphatic carbocycles. The Hall–Kier alpha value is -2.56. The Labute approximate surface area is 216 Å². The van der Waals surface area contributed by atoms with Gasteiger partial charge in [-0.2, -0.15) is 0 Å². The van der Waals surface area contributed by atoms with E-state index in [0.29, 0.717) is 13.2 Å². The number of unbranched alkanes of at least 4 members (excludes halogenated alkanes) is 2. The van der Waals surface area contributed by atoms with Gasteiger partial charge >= 0.3 is 0 Å². The Kier molecular flexibility index (Phi) is 7.83. The van der Waals surface area contributed by atoms with E-state index in [1.54, 1.807) is 0 Å². The van der Waals surface area contributed by atoms with E-state index in [1.807, 2.05) is 0 Å². The Balaban J connectivity index is 1.31. The highest BCUT2D eigenvalue weighted by atomic mass is 16.6. The quantitative estimate of drug-likeness (QED) is 0.218. The monoisotopic (exact) mass is 488 g/mol. The molecule has 192 valence electrons. The van der Waals surface area contributed by atoms with Crippen molar-refractivity contribution in [3.05, 3.63) is 71.3 Å². The minimum absolute atomic E-state index is 0.0661. The van der Waals surface area contributed by atoms with E-state index in [1.165, 1.54) is 47.1 Å². The van der Waals surface area contributed by atoms with Gasteiger partial charge in [-0.3, -0.25) is 0 Å². The fourth-order valence-electron chi connectivity index (χ4n) is 4.92. The standard InChI is InChI=1S/C32H40O4/c1-4-5-6-17-32(2,3)30-18-26(13-16-31(30)36-22-29-21-35-29)25-9-7-23(8-10-25)24-11-14-27(15-12-24)33-19-28-20-34-28/h7,9,11-16,18,28-29H,4-6,8,10,17,19-22H2,1-3H3. The lowest BCUT2D eigenvalue weighted by Crippen LogP contribution is -2.20. The average molecular weight is 489 g/mol. The highest BCUT2D eigenvalue weighted by Crippen LogP contribution is 2.40. The van der Waals surface area contributed by atoms with Crippen molar-refractivity contribution in [3.63, 3.8) is 0 Å². The van der Waals surface area contributed by atoms with Crippen LogP contribution < -0.4 is 9.47 Å². The van der Waals surface area contributed by atoms with Gasteiger partial charge in [-0.25, -0.2) is 0 Å². The van der Waals surface area contributed by atoms with Gasteiger partial charge < -0.3 is 18.9 Å². The molecule has 2 heterocycles. The molecule has 4 heteroatoms. The van der Waals surface area contributed by atoms with Crippen molar-refractivity contribution in [2.45, 2.75) is 76.9 Å². The van der Waals surface area contributed by atoms with Gasteiger partial charge in [0.15, 0.2) is 0 Å². The van der Waals surface area contributed by atoms with Crippen molar-refractivity contribution in [1.82, 2.24) is 0 Å². The largest absolute Gasteiger partial charge is 0.491 e. The molecule has 0 saturated carbocycles. The minimum atomic E-state index is 0.0661. The second-order valence-corrected chi connectivity index (χ2v) is 11.0. The SMILES string of the molecule is CCCCCC(C)(C)c1cc(C2=CC=C(c3ccc(OCC4CO4)cc3)CC2)ccc1OCC1CO1. The normalized spacial score (nSPS) is 21.0. The molecule has 5 rings (SSSR count). The van der Waals surface area contributed by atoms with Crippen molar-refractivity contribution < 1.29 is 18.9 Å². The topological polar surface area (TPSA) is 43.5 Å². The number of hydrogen-bond acceptors (Lipinski definition) is 4. The summed E-state index contributed by atoms with van der Waals surface area (Å²) in [6, 6.07) is 15.3. The van der Waals surface area contributed by atoms with Gasteiger partial charge in [0.2, 0.25) is 0 Å². The van der Waals surface area contributed by atoms with Gasteiger partial charge in [0.25, 0.3) is 0 Å². The molecule has 2 atom stereocenters. The van der Waals surface area contributed by atoms with Crippen LogP contribution in [-0.4, -0.2) is 38.6 Å². The molecule has 0 spiro atoms. The number of epoxide rings is 2. The van der Waals surface area contributed by atoms with Crippen LogP contribution in [0.5, 0.6) is 11.5 Å². The smallest absolute Gasteiger partial charge is 0.123 e. The molecule has 2 aromatic carbocycles. The van der Waals surface area contributed by atoms with Crippen LogP contribution in [0.3, 0.4) is 0 Å². The van der Waals surface area contributed by atoms with Gasteiger partial charge in [-0.15, -0.1) is 0 Å². The van der Waals surface area contributed by atoms with Gasteiger partial charge in [0.05, 0.1) is 13.2 Å². The highest BCUT2D eigenvalue weighted by Gasteiger charge is 2.28. The average Bonchev–Trinajstić information content (AvgIpc) is 3.82. The molecule has 4 nitrogen and oxygen atoms in total.